The van der Waals surface area contributed by atoms with Crippen molar-refractivity contribution in [1.29, 1.82) is 0 Å². The van der Waals surface area contributed by atoms with Gasteiger partial charge < -0.3 is 5.32 Å². The Morgan fingerprint density at radius 1 is 1.33 bits per heavy atom. The molecule has 0 bridgehead atoms. The predicted molar refractivity (Wildman–Crippen MR) is 73.3 cm³/mol. The van der Waals surface area contributed by atoms with Crippen molar-refractivity contribution in [2.75, 3.05) is 18.9 Å². The van der Waals surface area contributed by atoms with Gasteiger partial charge in [-0.15, -0.1) is 0 Å². The number of aryl methyl sites for hydroxylation is 1. The highest BCUT2D eigenvalue weighted by Gasteiger charge is 2.24. The molecule has 0 saturated carbocycles. The van der Waals surface area contributed by atoms with Crippen LogP contribution in [0.1, 0.15) is 25.8 Å². The summed E-state index contributed by atoms with van der Waals surface area (Å²) in [5.41, 5.74) is 2.16. The lowest BCUT2D eigenvalue weighted by molar-refractivity contribution is 0.410. The predicted octanol–water partition coefficient (Wildman–Crippen LogP) is 2.07. The fraction of sp³-hybridized carbons (Fsp3) is 0.538. The van der Waals surface area contributed by atoms with Gasteiger partial charge in [-0.05, 0) is 50.5 Å². The van der Waals surface area contributed by atoms with E-state index in [1.165, 1.54) is 4.31 Å². The molecule has 0 atom stereocenters. The Morgan fingerprint density at radius 3 is 2.72 bits per heavy atom. The molecule has 1 aliphatic rings. The summed E-state index contributed by atoms with van der Waals surface area (Å²) in [4.78, 5) is 0.390. The molecule has 0 fully saturated rings. The van der Waals surface area contributed by atoms with Crippen molar-refractivity contribution in [3.05, 3.63) is 23.8 Å². The summed E-state index contributed by atoms with van der Waals surface area (Å²) in [6.45, 7) is 4.71. The van der Waals surface area contributed by atoms with E-state index >= 15 is 0 Å². The highest BCUT2D eigenvalue weighted by atomic mass is 32.2. The molecule has 0 aromatic heterocycles. The van der Waals surface area contributed by atoms with Crippen molar-refractivity contribution in [2.45, 2.75) is 37.6 Å². The third-order valence-electron chi connectivity index (χ3n) is 3.42. The Hall–Kier alpha value is -1.07. The molecule has 4 nitrogen and oxygen atoms in total. The Labute approximate surface area is 109 Å². The second-order valence-electron chi connectivity index (χ2n) is 4.96. The summed E-state index contributed by atoms with van der Waals surface area (Å²) in [5, 5.41) is 3.28. The molecular weight excluding hydrogens is 248 g/mol. The summed E-state index contributed by atoms with van der Waals surface area (Å²) in [6, 6.07) is 5.32. The van der Waals surface area contributed by atoms with Crippen molar-refractivity contribution in [3.8, 4) is 0 Å². The van der Waals surface area contributed by atoms with Crippen LogP contribution in [-0.2, 0) is 16.4 Å². The summed E-state index contributed by atoms with van der Waals surface area (Å²) < 4.78 is 26.1. The average molecular weight is 268 g/mol. The van der Waals surface area contributed by atoms with Crippen LogP contribution in [0.15, 0.2) is 23.1 Å². The van der Waals surface area contributed by atoms with Gasteiger partial charge in [-0.2, -0.15) is 4.31 Å². The minimum atomic E-state index is -3.37. The highest BCUT2D eigenvalue weighted by Crippen LogP contribution is 2.26. The minimum absolute atomic E-state index is 0.0378. The van der Waals surface area contributed by atoms with E-state index in [9.17, 15) is 8.42 Å². The van der Waals surface area contributed by atoms with Gasteiger partial charge in [-0.3, -0.25) is 0 Å². The number of hydrogen-bond acceptors (Lipinski definition) is 3. The summed E-state index contributed by atoms with van der Waals surface area (Å²) in [6.07, 6.45) is 1.99. The largest absolute Gasteiger partial charge is 0.385 e. The van der Waals surface area contributed by atoms with Crippen LogP contribution in [0.2, 0.25) is 0 Å². The number of anilines is 1. The molecule has 1 aromatic rings. The van der Waals surface area contributed by atoms with Crippen LogP contribution in [0, 0.1) is 0 Å². The smallest absolute Gasteiger partial charge is 0.243 e. The molecule has 0 amide bonds. The molecule has 0 saturated heterocycles. The zero-order valence-electron chi connectivity index (χ0n) is 11.1. The molecule has 1 N–H and O–H groups in total. The van der Waals surface area contributed by atoms with Crippen molar-refractivity contribution in [1.82, 2.24) is 4.31 Å². The van der Waals surface area contributed by atoms with Crippen LogP contribution in [0.5, 0.6) is 0 Å². The first-order valence-electron chi connectivity index (χ1n) is 6.28. The maximum absolute atomic E-state index is 12.4. The number of fused-ring (bicyclic) bond motifs is 1. The fourth-order valence-corrected chi connectivity index (χ4v) is 3.47. The minimum Gasteiger partial charge on any atom is -0.385 e. The van der Waals surface area contributed by atoms with Crippen LogP contribution in [-0.4, -0.2) is 32.4 Å². The third kappa shape index (κ3) is 2.37. The molecule has 0 spiro atoms. The van der Waals surface area contributed by atoms with E-state index in [1.807, 2.05) is 19.9 Å². The highest BCUT2D eigenvalue weighted by molar-refractivity contribution is 7.89. The van der Waals surface area contributed by atoms with Gasteiger partial charge in [0.25, 0.3) is 0 Å². The molecular formula is C13H20N2O2S. The van der Waals surface area contributed by atoms with Crippen LogP contribution in [0.3, 0.4) is 0 Å². The molecule has 1 heterocycles. The molecule has 0 radical (unpaired) electrons. The van der Waals surface area contributed by atoms with E-state index in [-0.39, 0.29) is 6.04 Å². The molecule has 18 heavy (non-hydrogen) atoms. The summed E-state index contributed by atoms with van der Waals surface area (Å²) >= 11 is 0. The second kappa shape index (κ2) is 4.90. The average Bonchev–Trinajstić information content (AvgIpc) is 2.37. The summed E-state index contributed by atoms with van der Waals surface area (Å²) in [7, 11) is -1.74. The standard InChI is InChI=1S/C13H20N2O2S/c1-10(2)15(3)18(16,17)12-6-7-13-11(9-12)5-4-8-14-13/h6-7,9-10,14H,4-5,8H2,1-3H3. The maximum atomic E-state index is 12.4. The number of benzene rings is 1. The van der Waals surface area contributed by atoms with Crippen LogP contribution < -0.4 is 5.32 Å². The number of rotatable bonds is 3. The van der Waals surface area contributed by atoms with Crippen molar-refractivity contribution in [3.63, 3.8) is 0 Å². The first-order chi connectivity index (χ1) is 8.43. The molecule has 5 heteroatoms. The number of hydrogen-bond donors (Lipinski definition) is 1. The zero-order valence-corrected chi connectivity index (χ0v) is 11.9. The van der Waals surface area contributed by atoms with E-state index in [4.69, 9.17) is 0 Å². The van der Waals surface area contributed by atoms with Gasteiger partial charge in [0, 0.05) is 25.3 Å². The second-order valence-corrected chi connectivity index (χ2v) is 6.96. The van der Waals surface area contributed by atoms with E-state index < -0.39 is 10.0 Å². The Morgan fingerprint density at radius 2 is 2.06 bits per heavy atom. The first kappa shape index (κ1) is 13.4. The molecule has 1 aliphatic heterocycles. The van der Waals surface area contributed by atoms with Crippen LogP contribution in [0.4, 0.5) is 5.69 Å². The molecule has 0 unspecified atom stereocenters. The fourth-order valence-electron chi connectivity index (χ4n) is 2.06. The van der Waals surface area contributed by atoms with Gasteiger partial charge in [0.15, 0.2) is 0 Å². The number of sulfonamides is 1. The van der Waals surface area contributed by atoms with Crippen molar-refractivity contribution in [2.24, 2.45) is 0 Å². The van der Waals surface area contributed by atoms with E-state index in [0.717, 1.165) is 30.6 Å². The lowest BCUT2D eigenvalue weighted by Crippen LogP contribution is -2.33. The maximum Gasteiger partial charge on any atom is 0.243 e. The Bertz CT molecular complexity index is 538. The Kier molecular flexibility index (Phi) is 3.64. The topological polar surface area (TPSA) is 49.4 Å². The van der Waals surface area contributed by atoms with Gasteiger partial charge in [0.2, 0.25) is 10.0 Å². The van der Waals surface area contributed by atoms with E-state index in [0.29, 0.717) is 4.90 Å². The van der Waals surface area contributed by atoms with Gasteiger partial charge in [-0.25, -0.2) is 8.42 Å². The SMILES string of the molecule is CC(C)N(C)S(=O)(=O)c1ccc2c(c1)CCCN2. The quantitative estimate of drug-likeness (QED) is 0.913. The van der Waals surface area contributed by atoms with Gasteiger partial charge in [-0.1, -0.05) is 0 Å². The van der Waals surface area contributed by atoms with E-state index in [1.54, 1.807) is 19.2 Å². The van der Waals surface area contributed by atoms with Crippen LogP contribution >= 0.6 is 0 Å². The lowest BCUT2D eigenvalue weighted by Gasteiger charge is -2.23. The van der Waals surface area contributed by atoms with Crippen LogP contribution in [0.25, 0.3) is 0 Å². The van der Waals surface area contributed by atoms with Gasteiger partial charge in [0.05, 0.1) is 4.90 Å². The molecule has 1 aromatic carbocycles. The number of nitrogens with one attached hydrogen (secondary N) is 1. The third-order valence-corrected chi connectivity index (χ3v) is 5.45. The zero-order chi connectivity index (χ0) is 13.3. The molecule has 0 aliphatic carbocycles. The molecule has 2 rings (SSSR count). The van der Waals surface area contributed by atoms with Crippen molar-refractivity contribution >= 4 is 15.7 Å². The molecule has 100 valence electrons. The lowest BCUT2D eigenvalue weighted by atomic mass is 10.0. The van der Waals surface area contributed by atoms with Gasteiger partial charge in [0.1, 0.15) is 0 Å². The van der Waals surface area contributed by atoms with Crippen molar-refractivity contribution < 1.29 is 8.42 Å². The number of nitrogens with zero attached hydrogens (tertiary/aromatic N) is 1. The van der Waals surface area contributed by atoms with E-state index in [2.05, 4.69) is 5.32 Å². The first-order valence-corrected chi connectivity index (χ1v) is 7.72. The monoisotopic (exact) mass is 268 g/mol. The normalized spacial score (nSPS) is 15.6. The summed E-state index contributed by atoms with van der Waals surface area (Å²) in [5.74, 6) is 0. The van der Waals surface area contributed by atoms with Gasteiger partial charge >= 0.3 is 0 Å². The Balaban J connectivity index is 2.40.